The predicted molar refractivity (Wildman–Crippen MR) is 83.2 cm³/mol. The minimum absolute atomic E-state index is 0.0301. The Balaban J connectivity index is 2.08. The smallest absolute Gasteiger partial charge is 0.410 e. The Bertz CT molecular complexity index is 649. The van der Waals surface area contributed by atoms with Gasteiger partial charge in [-0.2, -0.15) is 5.53 Å². The number of nitrogens with zero attached hydrogens (tertiary/aromatic N) is 5. The maximum Gasteiger partial charge on any atom is 0.410 e. The number of anilines is 1. The third-order valence-corrected chi connectivity index (χ3v) is 3.48. The highest BCUT2D eigenvalue weighted by Crippen LogP contribution is 2.18. The Hall–Kier alpha value is -2.45. The van der Waals surface area contributed by atoms with E-state index in [-0.39, 0.29) is 17.6 Å². The first kappa shape index (κ1) is 16.9. The lowest BCUT2D eigenvalue weighted by atomic mass is 10.2. The van der Waals surface area contributed by atoms with Gasteiger partial charge in [0.1, 0.15) is 5.60 Å². The first-order chi connectivity index (χ1) is 10.7. The van der Waals surface area contributed by atoms with Crippen LogP contribution in [0, 0.1) is 10.9 Å². The molecule has 23 heavy (non-hydrogen) atoms. The molecule has 9 heteroatoms. The van der Waals surface area contributed by atoms with E-state index < -0.39 is 5.60 Å². The lowest BCUT2D eigenvalue weighted by Gasteiger charge is -2.40. The van der Waals surface area contributed by atoms with Gasteiger partial charge in [0.25, 0.3) is 0 Å². The number of aromatic nitrogens is 2. The van der Waals surface area contributed by atoms with E-state index in [0.717, 1.165) is 4.79 Å². The van der Waals surface area contributed by atoms with Gasteiger partial charge in [0, 0.05) is 25.7 Å². The van der Waals surface area contributed by atoms with Crippen LogP contribution < -0.4 is 10.4 Å². The fraction of sp³-hybridized carbons (Fsp3) is 0.643. The molecule has 0 radical (unpaired) electrons. The summed E-state index contributed by atoms with van der Waals surface area (Å²) in [5.41, 5.74) is 6.56. The van der Waals surface area contributed by atoms with Crippen LogP contribution in [0.2, 0.25) is 0 Å². The summed E-state index contributed by atoms with van der Waals surface area (Å²) in [7, 11) is 0. The zero-order chi connectivity index (χ0) is 17.2. The molecule has 2 heterocycles. The molecule has 1 atom stereocenters. The molecule has 2 N–H and O–H groups in total. The van der Waals surface area contributed by atoms with E-state index in [1.807, 2.05) is 32.6 Å². The van der Waals surface area contributed by atoms with Crippen molar-refractivity contribution in [3.63, 3.8) is 0 Å². The Morgan fingerprint density at radius 3 is 2.65 bits per heavy atom. The molecule has 0 aliphatic carbocycles. The number of nitrogens with one attached hydrogen (secondary N) is 2. The predicted octanol–water partition coefficient (Wildman–Crippen LogP) is 1.60. The van der Waals surface area contributed by atoms with Crippen LogP contribution in [0.4, 0.5) is 10.6 Å². The normalized spacial score (nSPS) is 18.7. The van der Waals surface area contributed by atoms with E-state index >= 15 is 0 Å². The Morgan fingerprint density at radius 2 is 2.09 bits per heavy atom. The molecule has 0 spiro atoms. The van der Waals surface area contributed by atoms with E-state index in [4.69, 9.17) is 15.7 Å². The molecule has 1 amide bonds. The van der Waals surface area contributed by atoms with Crippen LogP contribution in [-0.2, 0) is 4.74 Å². The highest BCUT2D eigenvalue weighted by atomic mass is 16.6. The van der Waals surface area contributed by atoms with Gasteiger partial charge in [-0.1, -0.05) is 5.22 Å². The Kier molecular flexibility index (Phi) is 4.67. The number of ether oxygens (including phenoxy) is 1. The van der Waals surface area contributed by atoms with E-state index in [1.165, 1.54) is 0 Å². The summed E-state index contributed by atoms with van der Waals surface area (Å²) in [6, 6.07) is 3.24. The molecule has 1 aliphatic rings. The molecule has 126 valence electrons. The number of carbonyl (C=O) groups excluding carboxylic acids is 1. The maximum absolute atomic E-state index is 12.2. The average molecular weight is 321 g/mol. The van der Waals surface area contributed by atoms with Crippen molar-refractivity contribution in [1.82, 2.24) is 14.8 Å². The molecule has 1 aromatic rings. The van der Waals surface area contributed by atoms with E-state index in [1.54, 1.807) is 17.0 Å². The molecule has 9 nitrogen and oxygen atoms in total. The van der Waals surface area contributed by atoms with Crippen LogP contribution in [0.1, 0.15) is 27.7 Å². The van der Waals surface area contributed by atoms with Crippen LogP contribution in [0.5, 0.6) is 0 Å². The zero-order valence-electron chi connectivity index (χ0n) is 13.9. The van der Waals surface area contributed by atoms with Crippen LogP contribution >= 0.6 is 0 Å². The lowest BCUT2D eigenvalue weighted by molar-refractivity contribution is 0.0158. The van der Waals surface area contributed by atoms with E-state index in [9.17, 15) is 4.79 Å². The van der Waals surface area contributed by atoms with Gasteiger partial charge in [-0.3, -0.25) is 5.41 Å². The number of rotatable bonds is 2. The molecule has 0 unspecified atom stereocenters. The van der Waals surface area contributed by atoms with Crippen molar-refractivity contribution in [2.24, 2.45) is 5.22 Å². The first-order valence-electron chi connectivity index (χ1n) is 7.48. The molecular weight excluding hydrogens is 298 g/mol. The van der Waals surface area contributed by atoms with Crippen LogP contribution in [0.15, 0.2) is 17.4 Å². The maximum atomic E-state index is 12.2. The van der Waals surface area contributed by atoms with Crippen molar-refractivity contribution in [1.29, 1.82) is 10.9 Å². The van der Waals surface area contributed by atoms with Crippen LogP contribution in [0.25, 0.3) is 0 Å². The van der Waals surface area contributed by atoms with Gasteiger partial charge in [-0.05, 0) is 39.8 Å². The van der Waals surface area contributed by atoms with Gasteiger partial charge < -0.3 is 14.5 Å². The minimum Gasteiger partial charge on any atom is -0.444 e. The van der Waals surface area contributed by atoms with Gasteiger partial charge in [-0.25, -0.2) is 4.79 Å². The number of piperazine rings is 1. The summed E-state index contributed by atoms with van der Waals surface area (Å²) in [5.74, 6) is 0.632. The zero-order valence-corrected chi connectivity index (χ0v) is 13.9. The molecule has 2 rings (SSSR count). The molecule has 1 aliphatic heterocycles. The summed E-state index contributed by atoms with van der Waals surface area (Å²) in [6.07, 6.45) is -0.310. The second-order valence-electron chi connectivity index (χ2n) is 6.53. The second kappa shape index (κ2) is 6.35. The third kappa shape index (κ3) is 4.05. The number of amides is 1. The summed E-state index contributed by atoms with van der Waals surface area (Å²) in [5, 5.41) is 14.9. The SMILES string of the molecule is C[C@H]1CN(c2ccc(=N)n(N=N)n2)CCN1C(=O)OC(C)(C)C. The number of hydrogen-bond acceptors (Lipinski definition) is 7. The summed E-state index contributed by atoms with van der Waals surface area (Å²) < 4.78 is 5.42. The monoisotopic (exact) mass is 321 g/mol. The average Bonchev–Trinajstić information content (AvgIpc) is 2.45. The topological polar surface area (TPSA) is 111 Å². The highest BCUT2D eigenvalue weighted by Gasteiger charge is 2.31. The number of hydrogen-bond donors (Lipinski definition) is 2. The van der Waals surface area contributed by atoms with Crippen molar-refractivity contribution in [2.75, 3.05) is 24.5 Å². The molecule has 0 aromatic carbocycles. The third-order valence-electron chi connectivity index (χ3n) is 3.48. The molecule has 1 fully saturated rings. The highest BCUT2D eigenvalue weighted by molar-refractivity contribution is 5.69. The molecule has 0 bridgehead atoms. The quantitative estimate of drug-likeness (QED) is 0.806. The van der Waals surface area contributed by atoms with Gasteiger partial charge in [0.05, 0.1) is 0 Å². The van der Waals surface area contributed by atoms with Crippen molar-refractivity contribution >= 4 is 11.9 Å². The van der Waals surface area contributed by atoms with Gasteiger partial charge >= 0.3 is 6.09 Å². The van der Waals surface area contributed by atoms with E-state index in [2.05, 4.69) is 10.3 Å². The van der Waals surface area contributed by atoms with E-state index in [0.29, 0.717) is 25.5 Å². The summed E-state index contributed by atoms with van der Waals surface area (Å²) in [4.78, 5) is 16.9. The van der Waals surface area contributed by atoms with Crippen molar-refractivity contribution < 1.29 is 9.53 Å². The molecule has 1 saturated heterocycles. The minimum atomic E-state index is -0.513. The van der Waals surface area contributed by atoms with Crippen LogP contribution in [-0.4, -0.2) is 52.2 Å². The van der Waals surface area contributed by atoms with Gasteiger partial charge in [0.15, 0.2) is 11.3 Å². The second-order valence-corrected chi connectivity index (χ2v) is 6.53. The van der Waals surface area contributed by atoms with Crippen molar-refractivity contribution in [2.45, 2.75) is 39.3 Å². The Labute approximate surface area is 134 Å². The van der Waals surface area contributed by atoms with Crippen molar-refractivity contribution in [3.05, 3.63) is 17.6 Å². The van der Waals surface area contributed by atoms with Gasteiger partial charge in [-0.15, -0.1) is 9.89 Å². The lowest BCUT2D eigenvalue weighted by Crippen LogP contribution is -2.55. The standard InChI is InChI=1S/C14H23N7O2/c1-10-9-19(12-6-5-11(15)21(17-12)18-16)7-8-20(10)13(22)23-14(2,3)4/h5-6,10,15-16H,7-9H2,1-4H3/t10-/m0/s1. The number of carbonyl (C=O) groups is 1. The molecule has 1 aromatic heterocycles. The Morgan fingerprint density at radius 1 is 1.39 bits per heavy atom. The molecular formula is C14H23N7O2. The fourth-order valence-corrected chi connectivity index (χ4v) is 2.41. The van der Waals surface area contributed by atoms with Gasteiger partial charge in [0.2, 0.25) is 0 Å². The summed E-state index contributed by atoms with van der Waals surface area (Å²) in [6.45, 7) is 9.23. The molecule has 0 saturated carbocycles. The largest absolute Gasteiger partial charge is 0.444 e. The first-order valence-corrected chi connectivity index (χ1v) is 7.48. The summed E-state index contributed by atoms with van der Waals surface area (Å²) >= 11 is 0. The van der Waals surface area contributed by atoms with Crippen LogP contribution in [0.3, 0.4) is 0 Å². The fourth-order valence-electron chi connectivity index (χ4n) is 2.41. The van der Waals surface area contributed by atoms with Crippen molar-refractivity contribution in [3.8, 4) is 0 Å².